The molecule has 30 heavy (non-hydrogen) atoms. The van der Waals surface area contributed by atoms with E-state index in [0.717, 1.165) is 24.8 Å². The third-order valence-electron chi connectivity index (χ3n) is 4.96. The van der Waals surface area contributed by atoms with Crippen molar-refractivity contribution in [2.75, 3.05) is 26.2 Å². The van der Waals surface area contributed by atoms with E-state index in [0.29, 0.717) is 26.1 Å². The highest BCUT2D eigenvalue weighted by atomic mass is 32.2. The maximum Gasteiger partial charge on any atom is 0.338 e. The van der Waals surface area contributed by atoms with Gasteiger partial charge in [-0.25, -0.2) is 13.2 Å². The van der Waals surface area contributed by atoms with Gasteiger partial charge in [0.05, 0.1) is 10.5 Å². The maximum atomic E-state index is 12.6. The Morgan fingerprint density at radius 1 is 0.933 bits per heavy atom. The summed E-state index contributed by atoms with van der Waals surface area (Å²) < 4.78 is 31.8. The lowest BCUT2D eigenvalue weighted by molar-refractivity contribution is -0.124. The van der Waals surface area contributed by atoms with Gasteiger partial charge in [-0.2, -0.15) is 4.31 Å². The lowest BCUT2D eigenvalue weighted by atomic mass is 10.1. The van der Waals surface area contributed by atoms with Crippen molar-refractivity contribution >= 4 is 21.9 Å². The number of nitrogens with one attached hydrogen (secondary N) is 1. The molecular weight excluding hydrogens is 404 g/mol. The average Bonchev–Trinajstić information content (AvgIpc) is 2.79. The van der Waals surface area contributed by atoms with Crippen LogP contribution >= 0.6 is 0 Å². The third-order valence-corrected chi connectivity index (χ3v) is 6.87. The summed E-state index contributed by atoms with van der Waals surface area (Å²) in [6.07, 6.45) is 3.44. The first-order valence-corrected chi connectivity index (χ1v) is 11.5. The maximum absolute atomic E-state index is 12.6. The molecule has 0 radical (unpaired) electrons. The minimum absolute atomic E-state index is 0.152. The number of carbonyl (C=O) groups excluding carboxylic acids is 2. The molecule has 0 bridgehead atoms. The molecule has 1 N–H and O–H groups in total. The van der Waals surface area contributed by atoms with Gasteiger partial charge in [0, 0.05) is 19.6 Å². The minimum Gasteiger partial charge on any atom is -0.452 e. The van der Waals surface area contributed by atoms with Gasteiger partial charge in [-0.3, -0.25) is 4.79 Å². The molecule has 1 aliphatic heterocycles. The van der Waals surface area contributed by atoms with Crippen LogP contribution in [0.1, 0.15) is 35.2 Å². The average molecular weight is 431 g/mol. The van der Waals surface area contributed by atoms with E-state index in [1.807, 2.05) is 30.3 Å². The van der Waals surface area contributed by atoms with Crippen molar-refractivity contribution < 1.29 is 22.7 Å². The first kappa shape index (κ1) is 22.0. The summed E-state index contributed by atoms with van der Waals surface area (Å²) >= 11 is 0. The first-order valence-electron chi connectivity index (χ1n) is 10.0. The first-order chi connectivity index (χ1) is 14.5. The van der Waals surface area contributed by atoms with Crippen LogP contribution in [-0.4, -0.2) is 50.8 Å². The second-order valence-electron chi connectivity index (χ2n) is 7.15. The fourth-order valence-electron chi connectivity index (χ4n) is 3.27. The number of nitrogens with zero attached hydrogens (tertiary/aromatic N) is 1. The van der Waals surface area contributed by atoms with Crippen molar-refractivity contribution in [1.82, 2.24) is 9.62 Å². The van der Waals surface area contributed by atoms with Crippen LogP contribution in [0.25, 0.3) is 0 Å². The molecule has 1 heterocycles. The molecule has 0 spiro atoms. The number of rotatable bonds is 8. The van der Waals surface area contributed by atoms with Gasteiger partial charge in [0.25, 0.3) is 5.91 Å². The quantitative estimate of drug-likeness (QED) is 0.649. The lowest BCUT2D eigenvalue weighted by Crippen LogP contribution is -2.35. The fourth-order valence-corrected chi connectivity index (χ4v) is 4.79. The Morgan fingerprint density at radius 3 is 2.27 bits per heavy atom. The number of carbonyl (C=O) groups is 2. The highest BCUT2D eigenvalue weighted by Gasteiger charge is 2.26. The highest BCUT2D eigenvalue weighted by molar-refractivity contribution is 7.89. The Labute approximate surface area is 177 Å². The summed E-state index contributed by atoms with van der Waals surface area (Å²) in [6.45, 7) is 1.10. The summed E-state index contributed by atoms with van der Waals surface area (Å²) in [5.74, 6) is -1.06. The fraction of sp³-hybridized carbons (Fsp3) is 0.364. The van der Waals surface area contributed by atoms with Crippen molar-refractivity contribution in [3.63, 3.8) is 0 Å². The van der Waals surface area contributed by atoms with Crippen LogP contribution in [0, 0.1) is 0 Å². The van der Waals surface area contributed by atoms with E-state index in [9.17, 15) is 18.0 Å². The largest absolute Gasteiger partial charge is 0.452 e. The number of amides is 1. The molecule has 2 aromatic carbocycles. The van der Waals surface area contributed by atoms with Gasteiger partial charge in [-0.15, -0.1) is 0 Å². The smallest absolute Gasteiger partial charge is 0.338 e. The summed E-state index contributed by atoms with van der Waals surface area (Å²) in [7, 11) is -3.55. The lowest BCUT2D eigenvalue weighted by Gasteiger charge is -2.25. The Hall–Kier alpha value is -2.71. The third kappa shape index (κ3) is 5.90. The van der Waals surface area contributed by atoms with E-state index in [1.54, 1.807) is 0 Å². The van der Waals surface area contributed by atoms with Crippen molar-refractivity contribution in [3.8, 4) is 0 Å². The molecule has 0 aromatic heterocycles. The SMILES string of the molecule is O=C(COC(=O)c1ccc(S(=O)(=O)N2CCCCC2)cc1)NCCc1ccccc1. The number of benzene rings is 2. The van der Waals surface area contributed by atoms with Crippen molar-refractivity contribution in [3.05, 3.63) is 65.7 Å². The number of piperidine rings is 1. The molecule has 8 heteroatoms. The Kier molecular flexibility index (Phi) is 7.59. The van der Waals surface area contributed by atoms with Crippen LogP contribution in [0.4, 0.5) is 0 Å². The van der Waals surface area contributed by atoms with Crippen LogP contribution in [-0.2, 0) is 26.0 Å². The molecule has 1 fully saturated rings. The second kappa shape index (κ2) is 10.4. The number of hydrogen-bond acceptors (Lipinski definition) is 5. The number of hydrogen-bond donors (Lipinski definition) is 1. The molecule has 3 rings (SSSR count). The van der Waals surface area contributed by atoms with Crippen LogP contribution in [0.15, 0.2) is 59.5 Å². The van der Waals surface area contributed by atoms with Crippen LogP contribution in [0.3, 0.4) is 0 Å². The predicted octanol–water partition coefficient (Wildman–Crippen LogP) is 2.38. The zero-order valence-electron chi connectivity index (χ0n) is 16.7. The highest BCUT2D eigenvalue weighted by Crippen LogP contribution is 2.21. The summed E-state index contributed by atoms with van der Waals surface area (Å²) in [5.41, 5.74) is 1.30. The van der Waals surface area contributed by atoms with E-state index in [4.69, 9.17) is 4.74 Å². The minimum atomic E-state index is -3.55. The van der Waals surface area contributed by atoms with Crippen LogP contribution in [0.5, 0.6) is 0 Å². The summed E-state index contributed by atoms with van der Waals surface area (Å²) in [6, 6.07) is 15.4. The Balaban J connectivity index is 1.46. The second-order valence-corrected chi connectivity index (χ2v) is 9.09. The van der Waals surface area contributed by atoms with Crippen molar-refractivity contribution in [2.24, 2.45) is 0 Å². The van der Waals surface area contributed by atoms with E-state index in [2.05, 4.69) is 5.32 Å². The molecule has 160 valence electrons. The van der Waals surface area contributed by atoms with E-state index < -0.39 is 16.0 Å². The monoisotopic (exact) mass is 430 g/mol. The topological polar surface area (TPSA) is 92.8 Å². The number of sulfonamides is 1. The predicted molar refractivity (Wildman–Crippen MR) is 112 cm³/mol. The summed E-state index contributed by atoms with van der Waals surface area (Å²) in [5, 5.41) is 2.70. The van der Waals surface area contributed by atoms with Crippen molar-refractivity contribution in [2.45, 2.75) is 30.6 Å². The number of esters is 1. The van der Waals surface area contributed by atoms with Crippen molar-refractivity contribution in [1.29, 1.82) is 0 Å². The van der Waals surface area contributed by atoms with Gasteiger partial charge < -0.3 is 10.1 Å². The zero-order chi connectivity index (χ0) is 21.4. The van der Waals surface area contributed by atoms with Gasteiger partial charge in [-0.05, 0) is 49.1 Å². The van der Waals surface area contributed by atoms with E-state index in [1.165, 1.54) is 28.6 Å². The molecule has 0 aliphatic carbocycles. The standard InChI is InChI=1S/C22H26N2O5S/c25-21(23-14-13-18-7-3-1-4-8-18)17-29-22(26)19-9-11-20(12-10-19)30(27,28)24-15-5-2-6-16-24/h1,3-4,7-12H,2,5-6,13-17H2,(H,23,25). The molecule has 1 saturated heterocycles. The van der Waals surface area contributed by atoms with E-state index in [-0.39, 0.29) is 23.0 Å². The van der Waals surface area contributed by atoms with Gasteiger partial charge in [0.1, 0.15) is 0 Å². The van der Waals surface area contributed by atoms with Gasteiger partial charge in [0.15, 0.2) is 6.61 Å². The molecule has 2 aromatic rings. The molecule has 1 aliphatic rings. The molecule has 1 amide bonds. The number of ether oxygens (including phenoxy) is 1. The molecule has 0 saturated carbocycles. The van der Waals surface area contributed by atoms with Gasteiger partial charge in [-0.1, -0.05) is 36.8 Å². The van der Waals surface area contributed by atoms with Gasteiger partial charge >= 0.3 is 5.97 Å². The van der Waals surface area contributed by atoms with Crippen LogP contribution < -0.4 is 5.32 Å². The zero-order valence-corrected chi connectivity index (χ0v) is 17.6. The Morgan fingerprint density at radius 2 is 1.60 bits per heavy atom. The van der Waals surface area contributed by atoms with Gasteiger partial charge in [0.2, 0.25) is 10.0 Å². The molecule has 7 nitrogen and oxygen atoms in total. The normalized spacial score (nSPS) is 14.8. The van der Waals surface area contributed by atoms with E-state index >= 15 is 0 Å². The molecule has 0 atom stereocenters. The Bertz CT molecular complexity index is 953. The molecule has 0 unspecified atom stereocenters. The molecular formula is C22H26N2O5S. The van der Waals surface area contributed by atoms with Crippen LogP contribution in [0.2, 0.25) is 0 Å². The summed E-state index contributed by atoms with van der Waals surface area (Å²) in [4.78, 5) is 24.2.